The maximum absolute atomic E-state index is 5.53. The predicted octanol–water partition coefficient (Wildman–Crippen LogP) is 2.10. The fourth-order valence-corrected chi connectivity index (χ4v) is 3.18. The first kappa shape index (κ1) is 23.8. The number of hydrogen-bond acceptors (Lipinski definition) is 5. The normalized spacial score (nSPS) is 16.4. The highest BCUT2D eigenvalue weighted by molar-refractivity contribution is 14.0. The summed E-state index contributed by atoms with van der Waals surface area (Å²) < 4.78 is 16.2. The highest BCUT2D eigenvalue weighted by atomic mass is 127. The summed E-state index contributed by atoms with van der Waals surface area (Å²) in [6, 6.07) is 5.90. The first-order valence-corrected chi connectivity index (χ1v) is 8.95. The van der Waals surface area contributed by atoms with Crippen molar-refractivity contribution in [2.75, 3.05) is 55.1 Å². The predicted molar refractivity (Wildman–Crippen MR) is 120 cm³/mol. The van der Waals surface area contributed by atoms with Crippen LogP contribution in [0.2, 0.25) is 0 Å². The average molecular weight is 492 g/mol. The molecule has 0 saturated carbocycles. The van der Waals surface area contributed by atoms with Gasteiger partial charge in [0.2, 0.25) is 0 Å². The van der Waals surface area contributed by atoms with Crippen molar-refractivity contribution in [1.29, 1.82) is 0 Å². The molecule has 1 fully saturated rings. The van der Waals surface area contributed by atoms with Gasteiger partial charge < -0.3 is 29.7 Å². The summed E-state index contributed by atoms with van der Waals surface area (Å²) in [7, 11) is 9.33. The molecule has 27 heavy (non-hydrogen) atoms. The molecule has 1 aliphatic rings. The number of ether oxygens (including phenoxy) is 3. The second-order valence-electron chi connectivity index (χ2n) is 6.70. The van der Waals surface area contributed by atoms with Gasteiger partial charge in [-0.3, -0.25) is 4.99 Å². The molecule has 8 heteroatoms. The quantitative estimate of drug-likeness (QED) is 0.346. The SMILES string of the molecule is CN=C(NCc1ccc(OC)c(OC)c1)NCC1(N(C)C)CCOCC1.I. The Kier molecular flexibility index (Phi) is 10.2. The minimum Gasteiger partial charge on any atom is -0.493 e. The van der Waals surface area contributed by atoms with Crippen LogP contribution in [0.25, 0.3) is 0 Å². The number of methoxy groups -OCH3 is 2. The molecule has 0 unspecified atom stereocenters. The van der Waals surface area contributed by atoms with Crippen molar-refractivity contribution in [2.45, 2.75) is 24.9 Å². The maximum atomic E-state index is 5.53. The summed E-state index contributed by atoms with van der Waals surface area (Å²) in [5.74, 6) is 2.24. The van der Waals surface area contributed by atoms with Crippen LogP contribution in [0, 0.1) is 0 Å². The zero-order valence-corrected chi connectivity index (χ0v) is 19.3. The molecule has 154 valence electrons. The Morgan fingerprint density at radius 3 is 2.37 bits per heavy atom. The first-order valence-electron chi connectivity index (χ1n) is 8.95. The molecule has 1 aromatic rings. The van der Waals surface area contributed by atoms with Crippen LogP contribution in [-0.2, 0) is 11.3 Å². The lowest BCUT2D eigenvalue weighted by atomic mass is 9.88. The van der Waals surface area contributed by atoms with Gasteiger partial charge in [-0.15, -0.1) is 24.0 Å². The number of rotatable bonds is 7. The largest absolute Gasteiger partial charge is 0.493 e. The van der Waals surface area contributed by atoms with E-state index in [1.54, 1.807) is 21.3 Å². The van der Waals surface area contributed by atoms with E-state index in [1.165, 1.54) is 0 Å². The molecule has 1 heterocycles. The molecule has 0 bridgehead atoms. The van der Waals surface area contributed by atoms with Crippen molar-refractivity contribution >= 4 is 29.9 Å². The molecule has 2 N–H and O–H groups in total. The zero-order valence-electron chi connectivity index (χ0n) is 17.0. The number of benzene rings is 1. The van der Waals surface area contributed by atoms with Gasteiger partial charge in [0.25, 0.3) is 0 Å². The van der Waals surface area contributed by atoms with Crippen LogP contribution in [0.1, 0.15) is 18.4 Å². The Bertz CT molecular complexity index is 605. The third-order valence-electron chi connectivity index (χ3n) is 5.09. The fourth-order valence-electron chi connectivity index (χ4n) is 3.18. The molecule has 1 aromatic carbocycles. The van der Waals surface area contributed by atoms with Crippen LogP contribution in [0.5, 0.6) is 11.5 Å². The number of guanidine groups is 1. The van der Waals surface area contributed by atoms with Crippen molar-refractivity contribution in [3.8, 4) is 11.5 Å². The van der Waals surface area contributed by atoms with Gasteiger partial charge in [0.1, 0.15) is 0 Å². The van der Waals surface area contributed by atoms with Crippen LogP contribution in [-0.4, -0.2) is 71.5 Å². The molecule has 2 rings (SSSR count). The number of halogens is 1. The summed E-state index contributed by atoms with van der Waals surface area (Å²) in [5, 5.41) is 6.83. The van der Waals surface area contributed by atoms with Crippen LogP contribution in [0.4, 0.5) is 0 Å². The van der Waals surface area contributed by atoms with E-state index in [0.29, 0.717) is 6.54 Å². The summed E-state index contributed by atoms with van der Waals surface area (Å²) in [6.45, 7) is 3.09. The van der Waals surface area contributed by atoms with Crippen LogP contribution < -0.4 is 20.1 Å². The molecule has 0 amide bonds. The molecule has 0 atom stereocenters. The van der Waals surface area contributed by atoms with Crippen LogP contribution in [0.3, 0.4) is 0 Å². The third-order valence-corrected chi connectivity index (χ3v) is 5.09. The van der Waals surface area contributed by atoms with Gasteiger partial charge in [-0.2, -0.15) is 0 Å². The van der Waals surface area contributed by atoms with E-state index in [2.05, 4.69) is 34.6 Å². The van der Waals surface area contributed by atoms with E-state index < -0.39 is 0 Å². The van der Waals surface area contributed by atoms with Gasteiger partial charge in [0.05, 0.1) is 14.2 Å². The van der Waals surface area contributed by atoms with Gasteiger partial charge >= 0.3 is 0 Å². The third kappa shape index (κ3) is 6.39. The van der Waals surface area contributed by atoms with Gasteiger partial charge in [-0.1, -0.05) is 6.07 Å². The summed E-state index contributed by atoms with van der Waals surface area (Å²) in [5.41, 5.74) is 1.19. The molecular formula is C19H33IN4O3. The Balaban J connectivity index is 0.00000364. The molecule has 0 radical (unpaired) electrons. The monoisotopic (exact) mass is 492 g/mol. The minimum absolute atomic E-state index is 0. The van der Waals surface area contributed by atoms with E-state index in [0.717, 1.165) is 55.6 Å². The molecular weight excluding hydrogens is 459 g/mol. The molecule has 0 aliphatic carbocycles. The lowest BCUT2D eigenvalue weighted by molar-refractivity contribution is -0.00501. The van der Waals surface area contributed by atoms with Gasteiger partial charge in [0, 0.05) is 38.9 Å². The average Bonchev–Trinajstić information content (AvgIpc) is 2.68. The minimum atomic E-state index is 0. The summed E-state index contributed by atoms with van der Waals surface area (Å²) in [4.78, 5) is 6.64. The Labute approximate surface area is 179 Å². The van der Waals surface area contributed by atoms with Crippen molar-refractivity contribution in [2.24, 2.45) is 4.99 Å². The highest BCUT2D eigenvalue weighted by Crippen LogP contribution is 2.27. The molecule has 1 saturated heterocycles. The van der Waals surface area contributed by atoms with Gasteiger partial charge in [-0.05, 0) is 44.6 Å². The number of hydrogen-bond donors (Lipinski definition) is 2. The zero-order chi connectivity index (χ0) is 19.0. The smallest absolute Gasteiger partial charge is 0.191 e. The lowest BCUT2D eigenvalue weighted by Gasteiger charge is -2.43. The second kappa shape index (κ2) is 11.6. The van der Waals surface area contributed by atoms with Crippen molar-refractivity contribution in [3.05, 3.63) is 23.8 Å². The van der Waals surface area contributed by atoms with E-state index >= 15 is 0 Å². The van der Waals surface area contributed by atoms with Crippen LogP contribution >= 0.6 is 24.0 Å². The maximum Gasteiger partial charge on any atom is 0.191 e. The number of aliphatic imine (C=N–C) groups is 1. The van der Waals surface area contributed by atoms with E-state index in [4.69, 9.17) is 14.2 Å². The summed E-state index contributed by atoms with van der Waals surface area (Å²) in [6.07, 6.45) is 2.03. The Morgan fingerprint density at radius 2 is 1.81 bits per heavy atom. The van der Waals surface area contributed by atoms with E-state index in [1.807, 2.05) is 18.2 Å². The Morgan fingerprint density at radius 1 is 1.15 bits per heavy atom. The second-order valence-corrected chi connectivity index (χ2v) is 6.70. The summed E-state index contributed by atoms with van der Waals surface area (Å²) >= 11 is 0. The van der Waals surface area contributed by atoms with Gasteiger partial charge in [0.15, 0.2) is 17.5 Å². The van der Waals surface area contributed by atoms with Crippen molar-refractivity contribution in [1.82, 2.24) is 15.5 Å². The van der Waals surface area contributed by atoms with Crippen LogP contribution in [0.15, 0.2) is 23.2 Å². The first-order chi connectivity index (χ1) is 12.5. The fraction of sp³-hybridized carbons (Fsp3) is 0.632. The topological polar surface area (TPSA) is 67.4 Å². The molecule has 7 nitrogen and oxygen atoms in total. The molecule has 0 spiro atoms. The number of likely N-dealkylation sites (N-methyl/N-ethyl adjacent to an activating group) is 1. The standard InChI is InChI=1S/C19H32N4O3.HI/c1-20-18(22-14-19(23(2)3)8-10-26-11-9-19)21-13-15-6-7-16(24-4)17(12-15)25-5;/h6-7,12H,8-11,13-14H2,1-5H3,(H2,20,21,22);1H. The molecule has 0 aromatic heterocycles. The number of nitrogens with zero attached hydrogens (tertiary/aromatic N) is 2. The van der Waals surface area contributed by atoms with E-state index in [9.17, 15) is 0 Å². The number of nitrogens with one attached hydrogen (secondary N) is 2. The highest BCUT2D eigenvalue weighted by Gasteiger charge is 2.34. The van der Waals surface area contributed by atoms with E-state index in [-0.39, 0.29) is 29.5 Å². The lowest BCUT2D eigenvalue weighted by Crippen LogP contribution is -2.57. The Hall–Kier alpha value is -1.26. The molecule has 1 aliphatic heterocycles. The van der Waals surface area contributed by atoms with Crippen molar-refractivity contribution < 1.29 is 14.2 Å². The van der Waals surface area contributed by atoms with Gasteiger partial charge in [-0.25, -0.2) is 0 Å². The van der Waals surface area contributed by atoms with Crippen molar-refractivity contribution in [3.63, 3.8) is 0 Å².